The predicted octanol–water partition coefficient (Wildman–Crippen LogP) is 1.50. The Labute approximate surface area is 119 Å². The van der Waals surface area contributed by atoms with Crippen molar-refractivity contribution >= 4 is 11.6 Å². The van der Waals surface area contributed by atoms with Gasteiger partial charge in [0.2, 0.25) is 5.91 Å². The Morgan fingerprint density at radius 1 is 1.55 bits per heavy atom. The molecule has 4 N–H and O–H groups in total. The van der Waals surface area contributed by atoms with E-state index in [0.29, 0.717) is 13.0 Å². The summed E-state index contributed by atoms with van der Waals surface area (Å²) >= 11 is 0. The molecule has 1 aliphatic rings. The molecule has 0 saturated heterocycles. The lowest BCUT2D eigenvalue weighted by Gasteiger charge is -2.57. The molecule has 0 spiro atoms. The average Bonchev–Trinajstić information content (AvgIpc) is 2.70. The normalized spacial score (nSPS) is 28.0. The second-order valence-electron chi connectivity index (χ2n) is 6.10. The summed E-state index contributed by atoms with van der Waals surface area (Å²) in [5.74, 6) is -0.175. The van der Waals surface area contributed by atoms with Gasteiger partial charge < -0.3 is 15.8 Å². The largest absolute Gasteiger partial charge is 0.378 e. The highest BCUT2D eigenvalue weighted by atomic mass is 16.5. The number of carbonyl (C=O) groups excluding carboxylic acids is 1. The lowest BCUT2D eigenvalue weighted by molar-refractivity contribution is -0.166. The Balaban J connectivity index is 2.14. The first-order valence-electron chi connectivity index (χ1n) is 6.97. The van der Waals surface area contributed by atoms with Crippen LogP contribution in [0.2, 0.25) is 0 Å². The standard InChI is InChI=1S/C14H24N4O2/c1-6-20-10-7-14(15,13(10,4)5)12(19)16-11-8(2)17-18-9(11)3/h10H,6-7,15H2,1-5H3,(H,16,19)(H,17,18). The molecular weight excluding hydrogens is 256 g/mol. The molecule has 0 bridgehead atoms. The SMILES string of the molecule is CCOC1CC(N)(C(=O)Nc2c(C)n[nH]c2C)C1(C)C. The van der Waals surface area contributed by atoms with Crippen LogP contribution in [0.5, 0.6) is 0 Å². The van der Waals surface area contributed by atoms with Crippen molar-refractivity contribution in [3.8, 4) is 0 Å². The third-order valence-electron chi connectivity index (χ3n) is 4.60. The van der Waals surface area contributed by atoms with E-state index in [1.165, 1.54) is 0 Å². The zero-order valence-corrected chi connectivity index (χ0v) is 12.8. The predicted molar refractivity (Wildman–Crippen MR) is 77.4 cm³/mol. The minimum Gasteiger partial charge on any atom is -0.378 e. The Morgan fingerprint density at radius 3 is 2.65 bits per heavy atom. The summed E-state index contributed by atoms with van der Waals surface area (Å²) < 4.78 is 5.64. The molecule has 112 valence electrons. The third-order valence-corrected chi connectivity index (χ3v) is 4.60. The highest BCUT2D eigenvalue weighted by molar-refractivity contribution is 6.00. The Kier molecular flexibility index (Phi) is 3.64. The van der Waals surface area contributed by atoms with E-state index in [0.717, 1.165) is 17.1 Å². The van der Waals surface area contributed by atoms with Crippen molar-refractivity contribution in [1.82, 2.24) is 10.2 Å². The van der Waals surface area contributed by atoms with Gasteiger partial charge in [-0.15, -0.1) is 0 Å². The fourth-order valence-electron chi connectivity index (χ4n) is 2.78. The summed E-state index contributed by atoms with van der Waals surface area (Å²) in [6, 6.07) is 0. The molecule has 1 amide bonds. The molecule has 1 aliphatic carbocycles. The summed E-state index contributed by atoms with van der Waals surface area (Å²) in [6.07, 6.45) is 0.560. The van der Waals surface area contributed by atoms with Gasteiger partial charge in [0, 0.05) is 18.4 Å². The van der Waals surface area contributed by atoms with Gasteiger partial charge in [0.1, 0.15) is 5.54 Å². The van der Waals surface area contributed by atoms with Crippen LogP contribution in [-0.4, -0.2) is 34.4 Å². The Hall–Kier alpha value is -1.40. The lowest BCUT2D eigenvalue weighted by Crippen LogP contribution is -2.74. The number of ether oxygens (including phenoxy) is 1. The second-order valence-corrected chi connectivity index (χ2v) is 6.10. The molecule has 20 heavy (non-hydrogen) atoms. The van der Waals surface area contributed by atoms with Gasteiger partial charge in [0.05, 0.1) is 23.2 Å². The molecular formula is C14H24N4O2. The maximum absolute atomic E-state index is 12.6. The van der Waals surface area contributed by atoms with Crippen molar-refractivity contribution in [3.63, 3.8) is 0 Å². The fourth-order valence-corrected chi connectivity index (χ4v) is 2.78. The maximum atomic E-state index is 12.6. The summed E-state index contributed by atoms with van der Waals surface area (Å²) in [4.78, 5) is 12.6. The van der Waals surface area contributed by atoms with Crippen molar-refractivity contribution < 1.29 is 9.53 Å². The number of rotatable bonds is 4. The highest BCUT2D eigenvalue weighted by Crippen LogP contribution is 2.50. The zero-order valence-electron chi connectivity index (χ0n) is 12.8. The third kappa shape index (κ3) is 2.03. The van der Waals surface area contributed by atoms with Gasteiger partial charge in [0.25, 0.3) is 0 Å². The van der Waals surface area contributed by atoms with E-state index in [9.17, 15) is 4.79 Å². The number of carbonyl (C=O) groups is 1. The first-order chi connectivity index (χ1) is 9.24. The number of aromatic amines is 1. The van der Waals surface area contributed by atoms with Crippen LogP contribution in [0.3, 0.4) is 0 Å². The van der Waals surface area contributed by atoms with Crippen molar-refractivity contribution in [2.75, 3.05) is 11.9 Å². The van der Waals surface area contributed by atoms with Gasteiger partial charge in [-0.3, -0.25) is 9.89 Å². The minimum absolute atomic E-state index is 0.0230. The van der Waals surface area contributed by atoms with Gasteiger partial charge in [0.15, 0.2) is 0 Å². The van der Waals surface area contributed by atoms with Crippen LogP contribution in [0, 0.1) is 19.3 Å². The fraction of sp³-hybridized carbons (Fsp3) is 0.714. The van der Waals surface area contributed by atoms with E-state index in [1.54, 1.807) is 0 Å². The van der Waals surface area contributed by atoms with Gasteiger partial charge in [-0.1, -0.05) is 13.8 Å². The van der Waals surface area contributed by atoms with E-state index < -0.39 is 11.0 Å². The van der Waals surface area contributed by atoms with Crippen molar-refractivity contribution in [3.05, 3.63) is 11.4 Å². The van der Waals surface area contributed by atoms with E-state index in [-0.39, 0.29) is 12.0 Å². The zero-order chi connectivity index (χ0) is 15.1. The Bertz CT molecular complexity index is 504. The Morgan fingerprint density at radius 2 is 2.20 bits per heavy atom. The van der Waals surface area contributed by atoms with Crippen LogP contribution in [0.15, 0.2) is 0 Å². The molecule has 2 atom stereocenters. The smallest absolute Gasteiger partial charge is 0.245 e. The summed E-state index contributed by atoms with van der Waals surface area (Å²) in [6.45, 7) is 10.2. The van der Waals surface area contributed by atoms with Crippen LogP contribution in [0.25, 0.3) is 0 Å². The number of hydrogen-bond donors (Lipinski definition) is 3. The van der Waals surface area contributed by atoms with Crippen LogP contribution >= 0.6 is 0 Å². The van der Waals surface area contributed by atoms with E-state index in [4.69, 9.17) is 10.5 Å². The number of nitrogens with zero attached hydrogens (tertiary/aromatic N) is 1. The topological polar surface area (TPSA) is 93.0 Å². The number of anilines is 1. The molecule has 1 heterocycles. The highest BCUT2D eigenvalue weighted by Gasteiger charge is 2.62. The molecule has 0 aromatic carbocycles. The van der Waals surface area contributed by atoms with Crippen molar-refractivity contribution in [1.29, 1.82) is 0 Å². The molecule has 2 unspecified atom stereocenters. The molecule has 1 fully saturated rings. The summed E-state index contributed by atoms with van der Waals surface area (Å²) in [7, 11) is 0. The van der Waals surface area contributed by atoms with Crippen LogP contribution in [-0.2, 0) is 9.53 Å². The molecule has 0 aliphatic heterocycles. The maximum Gasteiger partial charge on any atom is 0.245 e. The molecule has 0 radical (unpaired) electrons. The molecule has 1 aromatic rings. The van der Waals surface area contributed by atoms with Crippen LogP contribution < -0.4 is 11.1 Å². The van der Waals surface area contributed by atoms with Gasteiger partial charge >= 0.3 is 0 Å². The molecule has 2 rings (SSSR count). The number of nitrogens with two attached hydrogens (primary N) is 1. The first-order valence-corrected chi connectivity index (χ1v) is 6.97. The summed E-state index contributed by atoms with van der Waals surface area (Å²) in [5, 5.41) is 9.83. The lowest BCUT2D eigenvalue weighted by atomic mass is 9.54. The minimum atomic E-state index is -0.914. The number of aryl methyl sites for hydroxylation is 2. The van der Waals surface area contributed by atoms with Crippen molar-refractivity contribution in [2.24, 2.45) is 11.1 Å². The second kappa shape index (κ2) is 4.86. The summed E-state index contributed by atoms with van der Waals surface area (Å²) in [5.41, 5.74) is 7.35. The van der Waals surface area contributed by atoms with Crippen molar-refractivity contribution in [2.45, 2.75) is 52.7 Å². The van der Waals surface area contributed by atoms with Gasteiger partial charge in [-0.2, -0.15) is 5.10 Å². The van der Waals surface area contributed by atoms with E-state index in [1.807, 2.05) is 34.6 Å². The molecule has 6 heteroatoms. The average molecular weight is 280 g/mol. The van der Waals surface area contributed by atoms with Crippen LogP contribution in [0.4, 0.5) is 5.69 Å². The van der Waals surface area contributed by atoms with E-state index >= 15 is 0 Å². The van der Waals surface area contributed by atoms with E-state index in [2.05, 4.69) is 15.5 Å². The number of H-pyrrole nitrogens is 1. The molecule has 1 aromatic heterocycles. The van der Waals surface area contributed by atoms with Crippen LogP contribution in [0.1, 0.15) is 38.6 Å². The number of aromatic nitrogens is 2. The van der Waals surface area contributed by atoms with Gasteiger partial charge in [-0.05, 0) is 20.8 Å². The number of nitrogens with one attached hydrogen (secondary N) is 2. The quantitative estimate of drug-likeness (QED) is 0.779. The molecule has 1 saturated carbocycles. The van der Waals surface area contributed by atoms with Gasteiger partial charge in [-0.25, -0.2) is 0 Å². The number of hydrogen-bond acceptors (Lipinski definition) is 4. The monoisotopic (exact) mass is 280 g/mol. The first kappa shape index (κ1) is 15.0. The molecule has 6 nitrogen and oxygen atoms in total. The number of amides is 1.